The molecule has 1 unspecified atom stereocenters. The Labute approximate surface area is 126 Å². The van der Waals surface area contributed by atoms with E-state index in [0.717, 1.165) is 17.9 Å². The Morgan fingerprint density at radius 2 is 2.05 bits per heavy atom. The van der Waals surface area contributed by atoms with Crippen molar-refractivity contribution in [2.45, 2.75) is 45.8 Å². The highest BCUT2D eigenvalue weighted by atomic mass is 16.6. The van der Waals surface area contributed by atoms with E-state index in [-0.39, 0.29) is 12.1 Å². The van der Waals surface area contributed by atoms with Gasteiger partial charge in [-0.1, -0.05) is 0 Å². The summed E-state index contributed by atoms with van der Waals surface area (Å²) in [6, 6.07) is 0.243. The number of rotatable bonds is 2. The van der Waals surface area contributed by atoms with Crippen LogP contribution in [0.2, 0.25) is 0 Å². The van der Waals surface area contributed by atoms with Crippen molar-refractivity contribution in [1.29, 1.82) is 0 Å². The van der Waals surface area contributed by atoms with Crippen LogP contribution in [-0.2, 0) is 4.74 Å². The molecule has 6 heteroatoms. The Balaban J connectivity index is 1.99. The molecule has 1 fully saturated rings. The summed E-state index contributed by atoms with van der Waals surface area (Å²) in [6.07, 6.45) is 4.05. The summed E-state index contributed by atoms with van der Waals surface area (Å²) >= 11 is 0. The molecule has 21 heavy (non-hydrogen) atoms. The number of carbonyl (C=O) groups is 1. The molecule has 6 nitrogen and oxygen atoms in total. The smallest absolute Gasteiger partial charge is 0.410 e. The van der Waals surface area contributed by atoms with E-state index < -0.39 is 5.60 Å². The molecule has 116 valence electrons. The topological polar surface area (TPSA) is 58.6 Å². The fraction of sp³-hybridized carbons (Fsp3) is 0.667. The van der Waals surface area contributed by atoms with Gasteiger partial charge >= 0.3 is 6.09 Å². The third kappa shape index (κ3) is 3.83. The predicted molar refractivity (Wildman–Crippen MR) is 81.4 cm³/mol. The first-order valence-electron chi connectivity index (χ1n) is 7.26. The Bertz CT molecular complexity index is 513. The highest BCUT2D eigenvalue weighted by Crippen LogP contribution is 2.22. The molecule has 1 aliphatic rings. The van der Waals surface area contributed by atoms with Crippen LogP contribution in [0, 0.1) is 6.92 Å². The van der Waals surface area contributed by atoms with Crippen LogP contribution < -0.4 is 4.90 Å². The summed E-state index contributed by atoms with van der Waals surface area (Å²) in [6.45, 7) is 8.96. The van der Waals surface area contributed by atoms with Gasteiger partial charge in [0.2, 0.25) is 0 Å². The van der Waals surface area contributed by atoms with Crippen molar-refractivity contribution in [3.05, 3.63) is 18.1 Å². The summed E-state index contributed by atoms with van der Waals surface area (Å²) in [7, 11) is 2.00. The molecule has 0 N–H and O–H groups in total. The number of likely N-dealkylation sites (tertiary alicyclic amines) is 1. The number of amides is 1. The van der Waals surface area contributed by atoms with Crippen molar-refractivity contribution in [3.63, 3.8) is 0 Å². The second-order valence-corrected chi connectivity index (χ2v) is 6.45. The van der Waals surface area contributed by atoms with Gasteiger partial charge in [-0.3, -0.25) is 4.98 Å². The van der Waals surface area contributed by atoms with Gasteiger partial charge in [0.05, 0.1) is 5.69 Å². The largest absolute Gasteiger partial charge is 0.444 e. The first kappa shape index (κ1) is 15.5. The van der Waals surface area contributed by atoms with Gasteiger partial charge in [0, 0.05) is 38.6 Å². The van der Waals surface area contributed by atoms with Crippen LogP contribution in [0.1, 0.15) is 32.9 Å². The lowest BCUT2D eigenvalue weighted by atomic mass is 10.2. The van der Waals surface area contributed by atoms with E-state index in [2.05, 4.69) is 14.9 Å². The van der Waals surface area contributed by atoms with Gasteiger partial charge in [-0.2, -0.15) is 0 Å². The van der Waals surface area contributed by atoms with Crippen LogP contribution in [0.15, 0.2) is 12.4 Å². The lowest BCUT2D eigenvalue weighted by Gasteiger charge is -2.27. The second kappa shape index (κ2) is 5.87. The lowest BCUT2D eigenvalue weighted by molar-refractivity contribution is 0.0292. The fourth-order valence-corrected chi connectivity index (χ4v) is 2.47. The van der Waals surface area contributed by atoms with Gasteiger partial charge in [0.15, 0.2) is 0 Å². The van der Waals surface area contributed by atoms with E-state index in [1.54, 1.807) is 17.3 Å². The number of nitrogens with zero attached hydrogens (tertiary/aromatic N) is 4. The minimum absolute atomic E-state index is 0.241. The van der Waals surface area contributed by atoms with Crippen molar-refractivity contribution >= 4 is 11.9 Å². The quantitative estimate of drug-likeness (QED) is 0.836. The number of hydrogen-bond donors (Lipinski definition) is 0. The van der Waals surface area contributed by atoms with Gasteiger partial charge in [-0.15, -0.1) is 0 Å². The standard InChI is InChI=1S/C15H24N4O2/c1-11-13(17-8-7-16-11)18(5)12-6-9-19(10-12)14(20)21-15(2,3)4/h7-8,12H,6,9-10H2,1-5H3. The third-order valence-electron chi connectivity index (χ3n) is 3.55. The van der Waals surface area contributed by atoms with Crippen LogP contribution in [0.25, 0.3) is 0 Å². The second-order valence-electron chi connectivity index (χ2n) is 6.45. The Hall–Kier alpha value is -1.85. The highest BCUT2D eigenvalue weighted by Gasteiger charge is 2.32. The van der Waals surface area contributed by atoms with Crippen molar-refractivity contribution < 1.29 is 9.53 Å². The number of likely N-dealkylation sites (N-methyl/N-ethyl adjacent to an activating group) is 1. The normalized spacial score (nSPS) is 18.7. The number of aromatic nitrogens is 2. The molecule has 1 aliphatic heterocycles. The van der Waals surface area contributed by atoms with E-state index in [1.807, 2.05) is 34.7 Å². The first-order chi connectivity index (χ1) is 9.78. The van der Waals surface area contributed by atoms with Gasteiger partial charge < -0.3 is 14.5 Å². The first-order valence-corrected chi connectivity index (χ1v) is 7.26. The average molecular weight is 292 g/mol. The van der Waals surface area contributed by atoms with E-state index in [0.29, 0.717) is 13.1 Å². The molecule has 0 saturated carbocycles. The van der Waals surface area contributed by atoms with Gasteiger partial charge in [-0.05, 0) is 34.1 Å². The maximum Gasteiger partial charge on any atom is 0.410 e. The predicted octanol–water partition coefficient (Wildman–Crippen LogP) is 2.23. The molecule has 0 aromatic carbocycles. The molecule has 1 aromatic rings. The Kier molecular flexibility index (Phi) is 4.34. The lowest BCUT2D eigenvalue weighted by Crippen LogP contribution is -2.39. The van der Waals surface area contributed by atoms with Crippen LogP contribution in [0.5, 0.6) is 0 Å². The van der Waals surface area contributed by atoms with Gasteiger partial charge in [-0.25, -0.2) is 9.78 Å². The van der Waals surface area contributed by atoms with E-state index >= 15 is 0 Å². The molecule has 2 rings (SSSR count). The summed E-state index contributed by atoms with van der Waals surface area (Å²) in [5, 5.41) is 0. The number of ether oxygens (including phenoxy) is 1. The summed E-state index contributed by atoms with van der Waals surface area (Å²) in [5.41, 5.74) is 0.443. The maximum atomic E-state index is 12.1. The maximum absolute atomic E-state index is 12.1. The Morgan fingerprint density at radius 1 is 1.38 bits per heavy atom. The molecule has 1 saturated heterocycles. The molecule has 1 atom stereocenters. The van der Waals surface area contributed by atoms with Gasteiger partial charge in [0.1, 0.15) is 11.4 Å². The minimum Gasteiger partial charge on any atom is -0.444 e. The van der Waals surface area contributed by atoms with Crippen molar-refractivity contribution in [1.82, 2.24) is 14.9 Å². The van der Waals surface area contributed by atoms with Crippen molar-refractivity contribution in [2.24, 2.45) is 0 Å². The molecule has 0 bridgehead atoms. The molecular formula is C15H24N4O2. The zero-order valence-electron chi connectivity index (χ0n) is 13.5. The van der Waals surface area contributed by atoms with Crippen molar-refractivity contribution in [2.75, 3.05) is 25.0 Å². The average Bonchev–Trinajstić information content (AvgIpc) is 2.86. The van der Waals surface area contributed by atoms with E-state index in [9.17, 15) is 4.79 Å². The molecule has 0 aliphatic carbocycles. The minimum atomic E-state index is -0.456. The van der Waals surface area contributed by atoms with Crippen LogP contribution in [0.4, 0.5) is 10.6 Å². The molecular weight excluding hydrogens is 268 g/mol. The molecule has 1 amide bonds. The fourth-order valence-electron chi connectivity index (χ4n) is 2.47. The third-order valence-corrected chi connectivity index (χ3v) is 3.55. The zero-order valence-corrected chi connectivity index (χ0v) is 13.5. The number of hydrogen-bond acceptors (Lipinski definition) is 5. The summed E-state index contributed by atoms with van der Waals surface area (Å²) in [5.74, 6) is 0.869. The summed E-state index contributed by atoms with van der Waals surface area (Å²) in [4.78, 5) is 24.6. The highest BCUT2D eigenvalue weighted by molar-refractivity contribution is 5.68. The van der Waals surface area contributed by atoms with Crippen LogP contribution >= 0.6 is 0 Å². The Morgan fingerprint density at radius 3 is 2.67 bits per heavy atom. The van der Waals surface area contributed by atoms with E-state index in [1.165, 1.54) is 0 Å². The number of carbonyl (C=O) groups excluding carboxylic acids is 1. The SMILES string of the molecule is Cc1nccnc1N(C)C1CCN(C(=O)OC(C)(C)C)C1. The molecule has 0 spiro atoms. The number of aryl methyl sites for hydroxylation is 1. The van der Waals surface area contributed by atoms with Gasteiger partial charge in [0.25, 0.3) is 0 Å². The molecule has 0 radical (unpaired) electrons. The van der Waals surface area contributed by atoms with Crippen LogP contribution in [-0.4, -0.2) is 52.7 Å². The van der Waals surface area contributed by atoms with Crippen LogP contribution in [0.3, 0.4) is 0 Å². The molecule has 2 heterocycles. The molecule has 1 aromatic heterocycles. The summed E-state index contributed by atoms with van der Waals surface area (Å²) < 4.78 is 5.42. The van der Waals surface area contributed by atoms with E-state index in [4.69, 9.17) is 4.74 Å². The zero-order chi connectivity index (χ0) is 15.6. The van der Waals surface area contributed by atoms with Crippen molar-refractivity contribution in [3.8, 4) is 0 Å². The number of anilines is 1. The monoisotopic (exact) mass is 292 g/mol.